The summed E-state index contributed by atoms with van der Waals surface area (Å²) in [6.45, 7) is -0.245. The van der Waals surface area contributed by atoms with Crippen LogP contribution in [0.15, 0.2) is 6.07 Å². The molecule has 1 rings (SSSR count). The van der Waals surface area contributed by atoms with E-state index in [0.717, 1.165) is 6.07 Å². The fraction of sp³-hybridized carbons (Fsp3) is 0.250. The molecule has 0 aromatic carbocycles. The summed E-state index contributed by atoms with van der Waals surface area (Å²) in [6, 6.07) is 2.43. The summed E-state index contributed by atoms with van der Waals surface area (Å²) in [5.41, 5.74) is 4.04. The van der Waals surface area contributed by atoms with E-state index in [1.807, 2.05) is 0 Å². The number of nitrogens with two attached hydrogens (primary N) is 1. The van der Waals surface area contributed by atoms with E-state index in [-0.39, 0.29) is 17.7 Å². The van der Waals surface area contributed by atoms with Crippen LogP contribution in [-0.2, 0) is 6.54 Å². The van der Waals surface area contributed by atoms with Gasteiger partial charge in [-0.05, 0) is 6.07 Å². The average molecular weight is 201 g/mol. The van der Waals surface area contributed by atoms with Gasteiger partial charge in [-0.25, -0.2) is 13.8 Å². The molecule has 0 aliphatic carbocycles. The first-order chi connectivity index (χ1) is 6.60. The van der Waals surface area contributed by atoms with Crippen LogP contribution in [0.5, 0.6) is 0 Å². The lowest BCUT2D eigenvalue weighted by molar-refractivity contribution is 0.144. The molecule has 2 N–H and O–H groups in total. The molecular formula is C8H6F3N3. The van der Waals surface area contributed by atoms with E-state index in [4.69, 9.17) is 11.0 Å². The Bertz CT molecular complexity index is 384. The zero-order valence-corrected chi connectivity index (χ0v) is 6.97. The van der Waals surface area contributed by atoms with Crippen molar-refractivity contribution in [2.75, 3.05) is 0 Å². The highest BCUT2D eigenvalue weighted by atomic mass is 19.3. The Morgan fingerprint density at radius 1 is 1.57 bits per heavy atom. The van der Waals surface area contributed by atoms with Crippen LogP contribution in [0.25, 0.3) is 0 Å². The first-order valence-electron chi connectivity index (χ1n) is 3.67. The van der Waals surface area contributed by atoms with Crippen LogP contribution in [0.3, 0.4) is 0 Å². The highest BCUT2D eigenvalue weighted by Crippen LogP contribution is 2.20. The van der Waals surface area contributed by atoms with Crippen molar-refractivity contribution in [2.24, 2.45) is 5.73 Å². The van der Waals surface area contributed by atoms with Crippen LogP contribution in [0, 0.1) is 17.3 Å². The Hall–Kier alpha value is -1.61. The maximum absolute atomic E-state index is 13.0. The Morgan fingerprint density at radius 2 is 2.21 bits per heavy atom. The van der Waals surface area contributed by atoms with E-state index in [1.165, 1.54) is 0 Å². The zero-order chi connectivity index (χ0) is 10.7. The minimum Gasteiger partial charge on any atom is -0.326 e. The fourth-order valence-corrected chi connectivity index (χ4v) is 0.965. The molecule has 0 spiro atoms. The lowest BCUT2D eigenvalue weighted by Gasteiger charge is -2.04. The van der Waals surface area contributed by atoms with Crippen LogP contribution >= 0.6 is 0 Å². The predicted molar refractivity (Wildman–Crippen MR) is 41.8 cm³/mol. The average Bonchev–Trinajstić information content (AvgIpc) is 2.16. The van der Waals surface area contributed by atoms with Crippen LogP contribution in [0.1, 0.15) is 23.2 Å². The maximum Gasteiger partial charge on any atom is 0.280 e. The lowest BCUT2D eigenvalue weighted by atomic mass is 10.1. The molecule has 0 saturated carbocycles. The van der Waals surface area contributed by atoms with Gasteiger partial charge >= 0.3 is 0 Å². The van der Waals surface area contributed by atoms with E-state index < -0.39 is 18.1 Å². The summed E-state index contributed by atoms with van der Waals surface area (Å²) >= 11 is 0. The summed E-state index contributed by atoms with van der Waals surface area (Å²) in [5, 5.41) is 8.54. The van der Waals surface area contributed by atoms with Gasteiger partial charge in [-0.2, -0.15) is 9.65 Å². The van der Waals surface area contributed by atoms with Crippen LogP contribution in [-0.4, -0.2) is 4.98 Å². The Morgan fingerprint density at radius 3 is 2.64 bits per heavy atom. The molecule has 0 amide bonds. The van der Waals surface area contributed by atoms with Crippen LogP contribution in [0.2, 0.25) is 0 Å². The van der Waals surface area contributed by atoms with Crippen LogP contribution < -0.4 is 5.73 Å². The topological polar surface area (TPSA) is 62.7 Å². The van der Waals surface area contributed by atoms with Crippen molar-refractivity contribution in [1.82, 2.24) is 4.98 Å². The largest absolute Gasteiger partial charge is 0.326 e. The number of pyridine rings is 1. The number of aromatic nitrogens is 1. The van der Waals surface area contributed by atoms with Crippen molar-refractivity contribution in [3.8, 4) is 6.07 Å². The van der Waals surface area contributed by atoms with Gasteiger partial charge in [-0.1, -0.05) is 0 Å². The highest BCUT2D eigenvalue weighted by Gasteiger charge is 2.16. The molecule has 0 bridgehead atoms. The molecule has 0 aliphatic rings. The van der Waals surface area contributed by atoms with Crippen molar-refractivity contribution in [3.05, 3.63) is 28.8 Å². The third kappa shape index (κ3) is 1.83. The minimum absolute atomic E-state index is 0.142. The number of hydrogen-bond donors (Lipinski definition) is 1. The number of alkyl halides is 2. The van der Waals surface area contributed by atoms with Gasteiger partial charge < -0.3 is 5.73 Å². The molecule has 74 valence electrons. The van der Waals surface area contributed by atoms with E-state index >= 15 is 0 Å². The smallest absolute Gasteiger partial charge is 0.280 e. The Balaban J connectivity index is 3.33. The third-order valence-corrected chi connectivity index (χ3v) is 1.64. The molecule has 0 aliphatic heterocycles. The van der Waals surface area contributed by atoms with Crippen molar-refractivity contribution < 1.29 is 13.2 Å². The predicted octanol–water partition coefficient (Wildman–Crippen LogP) is 1.49. The number of nitrogens with zero attached hydrogens (tertiary/aromatic N) is 2. The SMILES string of the molecule is N#Cc1cc(C(F)F)nc(F)c1CN. The third-order valence-electron chi connectivity index (χ3n) is 1.64. The van der Waals surface area contributed by atoms with Gasteiger partial charge in [-0.15, -0.1) is 0 Å². The summed E-state index contributed by atoms with van der Waals surface area (Å²) in [4.78, 5) is 3.00. The summed E-state index contributed by atoms with van der Waals surface area (Å²) < 4.78 is 37.2. The first kappa shape index (κ1) is 10.5. The molecule has 1 aromatic heterocycles. The summed E-state index contributed by atoms with van der Waals surface area (Å²) in [6.07, 6.45) is -2.90. The number of rotatable bonds is 2. The van der Waals surface area contributed by atoms with Gasteiger partial charge in [-0.3, -0.25) is 0 Å². The van der Waals surface area contributed by atoms with Crippen molar-refractivity contribution in [2.45, 2.75) is 13.0 Å². The molecule has 6 heteroatoms. The fourth-order valence-electron chi connectivity index (χ4n) is 0.965. The molecule has 0 saturated heterocycles. The molecule has 1 heterocycles. The van der Waals surface area contributed by atoms with Gasteiger partial charge in [0.05, 0.1) is 11.6 Å². The number of halogens is 3. The molecule has 0 atom stereocenters. The highest BCUT2D eigenvalue weighted by molar-refractivity contribution is 5.38. The standard InChI is InChI=1S/C8H6F3N3/c9-7(10)6-1-4(2-12)5(3-13)8(11)14-6/h1,7H,3,13H2. The number of nitriles is 1. The number of hydrogen-bond acceptors (Lipinski definition) is 3. The summed E-state index contributed by atoms with van der Waals surface area (Å²) in [7, 11) is 0. The van der Waals surface area contributed by atoms with Gasteiger partial charge in [0.1, 0.15) is 5.69 Å². The van der Waals surface area contributed by atoms with Gasteiger partial charge in [0.2, 0.25) is 5.95 Å². The second kappa shape index (κ2) is 4.07. The molecule has 0 unspecified atom stereocenters. The monoisotopic (exact) mass is 201 g/mol. The van der Waals surface area contributed by atoms with Gasteiger partial charge in [0.25, 0.3) is 6.43 Å². The molecule has 3 nitrogen and oxygen atoms in total. The Labute approximate surface area is 78.0 Å². The molecule has 1 aromatic rings. The van der Waals surface area contributed by atoms with Crippen LogP contribution in [0.4, 0.5) is 13.2 Å². The maximum atomic E-state index is 13.0. The molecule has 0 fully saturated rings. The van der Waals surface area contributed by atoms with Crippen molar-refractivity contribution in [3.63, 3.8) is 0 Å². The minimum atomic E-state index is -2.90. The lowest BCUT2D eigenvalue weighted by Crippen LogP contribution is -2.07. The molecule has 0 radical (unpaired) electrons. The van der Waals surface area contributed by atoms with E-state index in [9.17, 15) is 13.2 Å². The summed E-state index contributed by atoms with van der Waals surface area (Å²) in [5.74, 6) is -1.11. The van der Waals surface area contributed by atoms with Crippen molar-refractivity contribution in [1.29, 1.82) is 5.26 Å². The van der Waals surface area contributed by atoms with E-state index in [1.54, 1.807) is 6.07 Å². The van der Waals surface area contributed by atoms with Gasteiger partial charge in [0, 0.05) is 12.1 Å². The van der Waals surface area contributed by atoms with E-state index in [2.05, 4.69) is 4.98 Å². The molecule has 14 heavy (non-hydrogen) atoms. The quantitative estimate of drug-likeness (QED) is 0.737. The second-order valence-corrected chi connectivity index (χ2v) is 2.48. The molecular weight excluding hydrogens is 195 g/mol. The normalized spacial score (nSPS) is 10.3. The Kier molecular flexibility index (Phi) is 3.04. The zero-order valence-electron chi connectivity index (χ0n) is 6.97. The van der Waals surface area contributed by atoms with Gasteiger partial charge in [0.15, 0.2) is 0 Å². The van der Waals surface area contributed by atoms with Crippen molar-refractivity contribution >= 4 is 0 Å². The second-order valence-electron chi connectivity index (χ2n) is 2.48. The van der Waals surface area contributed by atoms with E-state index in [0.29, 0.717) is 0 Å². The first-order valence-corrected chi connectivity index (χ1v) is 3.67.